The zero-order valence-electron chi connectivity index (χ0n) is 18.6. The number of fused-ring (bicyclic) bond motifs is 2. The molecule has 5 rings (SSSR count). The van der Waals surface area contributed by atoms with E-state index in [2.05, 4.69) is 17.2 Å². The predicted molar refractivity (Wildman–Crippen MR) is 126 cm³/mol. The summed E-state index contributed by atoms with van der Waals surface area (Å²) in [7, 11) is 0. The number of imidazole rings is 2. The average molecular weight is 433 g/mol. The van der Waals surface area contributed by atoms with Gasteiger partial charge in [-0.3, -0.25) is 9.13 Å². The highest BCUT2D eigenvalue weighted by Gasteiger charge is 2.30. The molecule has 1 aliphatic heterocycles. The molecule has 0 atom stereocenters. The molecule has 0 N–H and O–H groups in total. The minimum atomic E-state index is -0.512. The topological polar surface area (TPSA) is 63.2 Å². The lowest BCUT2D eigenvalue weighted by Crippen LogP contribution is -2.26. The third kappa shape index (κ3) is 3.57. The molecule has 0 unspecified atom stereocenters. The Kier molecular flexibility index (Phi) is 5.23. The molecule has 7 nitrogen and oxygen atoms in total. The molecule has 32 heavy (non-hydrogen) atoms. The number of hydrogen-bond acceptors (Lipinski definition) is 4. The number of aryl methyl sites for hydroxylation is 1. The van der Waals surface area contributed by atoms with E-state index in [0.717, 1.165) is 47.3 Å². The first-order chi connectivity index (χ1) is 15.5. The lowest BCUT2D eigenvalue weighted by atomic mass is 10.1. The molecule has 7 heteroatoms. The first-order valence-electron chi connectivity index (χ1n) is 11.1. The van der Waals surface area contributed by atoms with Gasteiger partial charge in [-0.05, 0) is 44.5 Å². The quantitative estimate of drug-likeness (QED) is 0.438. The minimum absolute atomic E-state index is 0.0995. The van der Waals surface area contributed by atoms with E-state index in [-0.39, 0.29) is 5.69 Å². The van der Waals surface area contributed by atoms with Crippen molar-refractivity contribution in [3.8, 4) is 0 Å². The smallest absolute Gasteiger partial charge is 0.333 e. The highest BCUT2D eigenvalue weighted by Crippen LogP contribution is 2.26. The van der Waals surface area contributed by atoms with Gasteiger partial charge in [0.1, 0.15) is 5.82 Å². The van der Waals surface area contributed by atoms with Gasteiger partial charge in [0.05, 0.1) is 41.8 Å². The van der Waals surface area contributed by atoms with E-state index in [1.165, 1.54) is 0 Å². The van der Waals surface area contributed by atoms with Crippen LogP contribution < -0.4 is 5.69 Å². The Hall–Kier alpha value is -3.16. The Balaban J connectivity index is 1.52. The normalized spacial score (nSPS) is 15.7. The first-order valence-corrected chi connectivity index (χ1v) is 11.1. The van der Waals surface area contributed by atoms with Gasteiger partial charge < -0.3 is 14.0 Å². The molecule has 3 heterocycles. The summed E-state index contributed by atoms with van der Waals surface area (Å²) < 4.78 is 17.2. The SMILES string of the molecule is C=C(C)n1c(=O)n(Cc2nc3ccccc3n2CCCC2(C)OCCO2)c2ccccc21. The third-order valence-electron chi connectivity index (χ3n) is 6.16. The zero-order valence-corrected chi connectivity index (χ0v) is 18.6. The maximum Gasteiger partial charge on any atom is 0.333 e. The lowest BCUT2D eigenvalue weighted by molar-refractivity contribution is -0.147. The molecule has 0 spiro atoms. The van der Waals surface area contributed by atoms with Gasteiger partial charge in [-0.25, -0.2) is 9.78 Å². The maximum atomic E-state index is 13.3. The highest BCUT2D eigenvalue weighted by molar-refractivity contribution is 5.80. The van der Waals surface area contributed by atoms with Crippen molar-refractivity contribution in [2.75, 3.05) is 13.2 Å². The Bertz CT molecular complexity index is 1350. The van der Waals surface area contributed by atoms with Crippen LogP contribution in [0.25, 0.3) is 27.8 Å². The van der Waals surface area contributed by atoms with E-state index in [4.69, 9.17) is 14.5 Å². The molecule has 166 valence electrons. The fourth-order valence-electron chi connectivity index (χ4n) is 4.63. The van der Waals surface area contributed by atoms with E-state index >= 15 is 0 Å². The highest BCUT2D eigenvalue weighted by atomic mass is 16.7. The van der Waals surface area contributed by atoms with Gasteiger partial charge in [0.15, 0.2) is 5.79 Å². The number of allylic oxidation sites excluding steroid dienone is 1. The van der Waals surface area contributed by atoms with Gasteiger partial charge in [-0.2, -0.15) is 0 Å². The second kappa shape index (κ2) is 8.07. The molecule has 4 aromatic rings. The van der Waals surface area contributed by atoms with Crippen molar-refractivity contribution in [2.45, 2.75) is 45.6 Å². The molecule has 0 radical (unpaired) electrons. The van der Waals surface area contributed by atoms with Gasteiger partial charge in [0, 0.05) is 18.7 Å². The Morgan fingerprint density at radius 3 is 2.41 bits per heavy atom. The third-order valence-corrected chi connectivity index (χ3v) is 6.16. The average Bonchev–Trinajstić information content (AvgIpc) is 3.44. The fraction of sp³-hybridized carbons (Fsp3) is 0.360. The summed E-state index contributed by atoms with van der Waals surface area (Å²) in [5, 5.41) is 0. The van der Waals surface area contributed by atoms with Crippen LogP contribution in [-0.4, -0.2) is 37.7 Å². The summed E-state index contributed by atoms with van der Waals surface area (Å²) in [5.74, 6) is 0.346. The summed E-state index contributed by atoms with van der Waals surface area (Å²) in [5.41, 5.74) is 4.33. The summed E-state index contributed by atoms with van der Waals surface area (Å²) in [6, 6.07) is 15.9. The van der Waals surface area contributed by atoms with Crippen molar-refractivity contribution in [1.82, 2.24) is 18.7 Å². The molecule has 0 saturated carbocycles. The zero-order chi connectivity index (χ0) is 22.3. The fourth-order valence-corrected chi connectivity index (χ4v) is 4.63. The van der Waals surface area contributed by atoms with E-state index in [1.807, 2.05) is 56.3 Å². The number of benzene rings is 2. The van der Waals surface area contributed by atoms with Gasteiger partial charge in [0.2, 0.25) is 0 Å². The number of para-hydroxylation sites is 4. The number of aromatic nitrogens is 4. The Morgan fingerprint density at radius 1 is 1.03 bits per heavy atom. The lowest BCUT2D eigenvalue weighted by Gasteiger charge is -2.22. The van der Waals surface area contributed by atoms with Crippen LogP contribution >= 0.6 is 0 Å². The second-order valence-electron chi connectivity index (χ2n) is 8.53. The maximum absolute atomic E-state index is 13.3. The molecule has 1 fully saturated rings. The minimum Gasteiger partial charge on any atom is -0.348 e. The molecule has 0 aliphatic carbocycles. The van der Waals surface area contributed by atoms with Gasteiger partial charge in [-0.1, -0.05) is 30.8 Å². The standard InChI is InChI=1S/C25H28N4O3/c1-18(2)29-22-12-7-6-11-21(22)28(24(29)30)17-23-26-19-9-4-5-10-20(19)27(23)14-8-13-25(3)31-15-16-32-25/h4-7,9-12H,1,8,13-17H2,2-3H3. The van der Waals surface area contributed by atoms with Crippen molar-refractivity contribution in [2.24, 2.45) is 0 Å². The van der Waals surface area contributed by atoms with Gasteiger partial charge in [-0.15, -0.1) is 0 Å². The van der Waals surface area contributed by atoms with Crippen molar-refractivity contribution < 1.29 is 9.47 Å². The molecule has 0 bridgehead atoms. The van der Waals surface area contributed by atoms with Crippen LogP contribution in [0, 0.1) is 0 Å². The van der Waals surface area contributed by atoms with Crippen LogP contribution in [0.4, 0.5) is 0 Å². The van der Waals surface area contributed by atoms with Crippen molar-refractivity contribution in [1.29, 1.82) is 0 Å². The van der Waals surface area contributed by atoms with Crippen LogP contribution in [0.2, 0.25) is 0 Å². The number of ether oxygens (including phenoxy) is 2. The van der Waals surface area contributed by atoms with E-state index in [9.17, 15) is 4.79 Å². The van der Waals surface area contributed by atoms with Gasteiger partial charge >= 0.3 is 5.69 Å². The van der Waals surface area contributed by atoms with E-state index in [1.54, 1.807) is 9.13 Å². The van der Waals surface area contributed by atoms with E-state index in [0.29, 0.717) is 25.5 Å². The molecule has 0 amide bonds. The summed E-state index contributed by atoms with van der Waals surface area (Å²) in [4.78, 5) is 18.2. The second-order valence-corrected chi connectivity index (χ2v) is 8.53. The number of rotatable bonds is 7. The Labute approximate surface area is 186 Å². The Morgan fingerprint density at radius 2 is 1.69 bits per heavy atom. The first kappa shape index (κ1) is 20.7. The van der Waals surface area contributed by atoms with Crippen LogP contribution in [0.3, 0.4) is 0 Å². The predicted octanol–water partition coefficient (Wildman–Crippen LogP) is 4.23. The summed E-state index contributed by atoms with van der Waals surface area (Å²) in [6.07, 6.45) is 1.68. The monoisotopic (exact) mass is 432 g/mol. The summed E-state index contributed by atoms with van der Waals surface area (Å²) in [6.45, 7) is 10.3. The molecule has 2 aromatic heterocycles. The van der Waals surface area contributed by atoms with Crippen LogP contribution in [0.1, 0.15) is 32.5 Å². The molecule has 1 aliphatic rings. The molecule has 2 aromatic carbocycles. The number of hydrogen-bond donors (Lipinski definition) is 0. The van der Waals surface area contributed by atoms with Crippen LogP contribution in [0.15, 0.2) is 59.9 Å². The molecule has 1 saturated heterocycles. The van der Waals surface area contributed by atoms with Crippen molar-refractivity contribution >= 4 is 27.8 Å². The van der Waals surface area contributed by atoms with Crippen molar-refractivity contribution in [3.63, 3.8) is 0 Å². The largest absolute Gasteiger partial charge is 0.348 e. The molecular weight excluding hydrogens is 404 g/mol. The number of nitrogens with zero attached hydrogens (tertiary/aromatic N) is 4. The van der Waals surface area contributed by atoms with Crippen LogP contribution in [0.5, 0.6) is 0 Å². The van der Waals surface area contributed by atoms with Crippen LogP contribution in [-0.2, 0) is 22.6 Å². The van der Waals surface area contributed by atoms with Crippen molar-refractivity contribution in [3.05, 3.63) is 71.4 Å². The summed E-state index contributed by atoms with van der Waals surface area (Å²) >= 11 is 0. The van der Waals surface area contributed by atoms with E-state index < -0.39 is 5.79 Å². The molecular formula is C25H28N4O3. The van der Waals surface area contributed by atoms with Gasteiger partial charge in [0.25, 0.3) is 0 Å².